The molecule has 4 heteroatoms. The molecule has 2 aromatic rings. The van der Waals surface area contributed by atoms with Gasteiger partial charge in [0.05, 0.1) is 11.4 Å². The van der Waals surface area contributed by atoms with Gasteiger partial charge in [-0.05, 0) is 23.6 Å². The van der Waals surface area contributed by atoms with E-state index in [2.05, 4.69) is 0 Å². The Morgan fingerprint density at radius 3 is 1.96 bits per heavy atom. The maximum Gasteiger partial charge on any atom is 0.230 e. The summed E-state index contributed by atoms with van der Waals surface area (Å²) in [5, 5.41) is 0. The van der Waals surface area contributed by atoms with Gasteiger partial charge in [0.2, 0.25) is 11.8 Å². The van der Waals surface area contributed by atoms with E-state index in [-0.39, 0.29) is 30.5 Å². The number of rotatable bonds is 4. The van der Waals surface area contributed by atoms with Crippen LogP contribution in [0, 0.1) is 0 Å². The Balaban J connectivity index is 1.96. The number of imide groups is 1. The number of hydrogen-bond donors (Lipinski definition) is 0. The van der Waals surface area contributed by atoms with Gasteiger partial charge in [-0.3, -0.25) is 14.5 Å². The molecule has 1 aliphatic heterocycles. The summed E-state index contributed by atoms with van der Waals surface area (Å²) >= 11 is 6.16. The zero-order valence-corrected chi connectivity index (χ0v) is 13.7. The maximum absolute atomic E-state index is 12.1. The lowest BCUT2D eigenvalue weighted by Gasteiger charge is -2.36. The van der Waals surface area contributed by atoms with E-state index in [0.717, 1.165) is 16.7 Å². The Bertz CT molecular complexity index is 711. The van der Waals surface area contributed by atoms with E-state index in [0.29, 0.717) is 0 Å². The van der Waals surface area contributed by atoms with Crippen LogP contribution in [0.3, 0.4) is 0 Å². The molecule has 0 bridgehead atoms. The Kier molecular flexibility index (Phi) is 4.22. The first kappa shape index (κ1) is 15.8. The minimum absolute atomic E-state index is 0.148. The summed E-state index contributed by atoms with van der Waals surface area (Å²) in [5.74, 6) is -0.120. The van der Waals surface area contributed by atoms with Crippen molar-refractivity contribution in [3.63, 3.8) is 0 Å². The van der Waals surface area contributed by atoms with Gasteiger partial charge in [0.15, 0.2) is 0 Å². The van der Waals surface area contributed by atoms with Crippen molar-refractivity contribution in [2.45, 2.75) is 25.3 Å². The molecule has 118 valence electrons. The number of carbonyl (C=O) groups is 2. The average molecular weight is 328 g/mol. The summed E-state index contributed by atoms with van der Waals surface area (Å²) in [5.41, 5.74) is 2.28. The maximum atomic E-state index is 12.1. The number of nitrogens with zero attached hydrogens (tertiary/aromatic N) is 1. The molecule has 1 unspecified atom stereocenters. The number of carbonyl (C=O) groups excluding carboxylic acids is 2. The summed E-state index contributed by atoms with van der Waals surface area (Å²) in [6.07, 6.45) is 0.542. The summed E-state index contributed by atoms with van der Waals surface area (Å²) in [6.45, 7) is 1.85. The van der Waals surface area contributed by atoms with Gasteiger partial charge in [-0.15, -0.1) is 11.6 Å². The second-order valence-corrected chi connectivity index (χ2v) is 6.24. The van der Waals surface area contributed by atoms with Crippen LogP contribution in [0.1, 0.15) is 25.3 Å². The molecular formula is C19H18ClNO2. The number of alkyl halides is 1. The van der Waals surface area contributed by atoms with E-state index in [9.17, 15) is 9.59 Å². The van der Waals surface area contributed by atoms with Crippen LogP contribution in [0.4, 0.5) is 0 Å². The molecule has 3 rings (SSSR count). The molecule has 2 amide bonds. The van der Waals surface area contributed by atoms with E-state index < -0.39 is 5.54 Å². The van der Waals surface area contributed by atoms with E-state index in [1.165, 1.54) is 4.90 Å². The van der Waals surface area contributed by atoms with Crippen LogP contribution in [-0.4, -0.2) is 22.6 Å². The Morgan fingerprint density at radius 1 is 0.913 bits per heavy atom. The van der Waals surface area contributed by atoms with Crippen molar-refractivity contribution < 1.29 is 9.59 Å². The van der Waals surface area contributed by atoms with Crippen LogP contribution < -0.4 is 0 Å². The predicted molar refractivity (Wildman–Crippen MR) is 91.0 cm³/mol. The molecule has 1 saturated heterocycles. The predicted octanol–water partition coefficient (Wildman–Crippen LogP) is 3.96. The molecule has 23 heavy (non-hydrogen) atoms. The zero-order valence-electron chi connectivity index (χ0n) is 13.0. The average Bonchev–Trinajstić information content (AvgIpc) is 2.94. The number of hydrogen-bond acceptors (Lipinski definition) is 2. The van der Waals surface area contributed by atoms with E-state index in [4.69, 9.17) is 11.6 Å². The quantitative estimate of drug-likeness (QED) is 0.629. The van der Waals surface area contributed by atoms with Gasteiger partial charge in [-0.2, -0.15) is 0 Å². The molecule has 2 aromatic carbocycles. The third-order valence-electron chi connectivity index (χ3n) is 4.42. The second-order valence-electron chi connectivity index (χ2n) is 5.97. The molecule has 0 N–H and O–H groups in total. The van der Waals surface area contributed by atoms with E-state index in [1.54, 1.807) is 0 Å². The Morgan fingerprint density at radius 2 is 1.43 bits per heavy atom. The standard InChI is InChI=1S/C19H18ClNO2/c1-19(13-20,21-17(22)11-12-18(21)23)16-9-7-15(8-10-16)14-5-3-2-4-6-14/h2-10H,11-13H2,1H3. The molecule has 3 nitrogen and oxygen atoms in total. The second kappa shape index (κ2) is 6.17. The monoisotopic (exact) mass is 327 g/mol. The number of benzene rings is 2. The minimum Gasteiger partial charge on any atom is -0.274 e. The third-order valence-corrected chi connectivity index (χ3v) is 4.94. The van der Waals surface area contributed by atoms with Crippen molar-refractivity contribution in [2.24, 2.45) is 0 Å². The summed E-state index contributed by atoms with van der Waals surface area (Å²) in [6, 6.07) is 18.0. The molecule has 1 aliphatic rings. The fourth-order valence-electron chi connectivity index (χ4n) is 3.05. The number of amides is 2. The van der Waals surface area contributed by atoms with Gasteiger partial charge in [-0.25, -0.2) is 0 Å². The van der Waals surface area contributed by atoms with Crippen LogP contribution in [0.25, 0.3) is 11.1 Å². The SMILES string of the molecule is CC(CCl)(c1ccc(-c2ccccc2)cc1)N1C(=O)CCC1=O. The van der Waals surface area contributed by atoms with Crippen molar-refractivity contribution in [3.05, 3.63) is 60.2 Å². The summed E-state index contributed by atoms with van der Waals surface area (Å²) < 4.78 is 0. The summed E-state index contributed by atoms with van der Waals surface area (Å²) in [7, 11) is 0. The lowest BCUT2D eigenvalue weighted by Crippen LogP contribution is -2.48. The van der Waals surface area contributed by atoms with Crippen LogP contribution in [0.2, 0.25) is 0 Å². The highest BCUT2D eigenvalue weighted by Gasteiger charge is 2.43. The molecule has 1 atom stereocenters. The fraction of sp³-hybridized carbons (Fsp3) is 0.263. The lowest BCUT2D eigenvalue weighted by atomic mass is 9.90. The van der Waals surface area contributed by atoms with Crippen LogP contribution in [-0.2, 0) is 15.1 Å². The van der Waals surface area contributed by atoms with Gasteiger partial charge < -0.3 is 0 Å². The van der Waals surface area contributed by atoms with Crippen molar-refractivity contribution in [2.75, 3.05) is 5.88 Å². The third kappa shape index (κ3) is 2.77. The molecule has 0 aliphatic carbocycles. The van der Waals surface area contributed by atoms with Crippen molar-refractivity contribution in [1.29, 1.82) is 0 Å². The first-order chi connectivity index (χ1) is 11.1. The molecule has 0 radical (unpaired) electrons. The molecular weight excluding hydrogens is 310 g/mol. The van der Waals surface area contributed by atoms with Gasteiger partial charge in [0, 0.05) is 12.8 Å². The zero-order chi connectivity index (χ0) is 16.4. The van der Waals surface area contributed by atoms with Crippen molar-refractivity contribution in [1.82, 2.24) is 4.90 Å². The first-order valence-corrected chi connectivity index (χ1v) is 8.17. The topological polar surface area (TPSA) is 37.4 Å². The molecule has 0 saturated carbocycles. The van der Waals surface area contributed by atoms with Crippen LogP contribution in [0.5, 0.6) is 0 Å². The van der Waals surface area contributed by atoms with Gasteiger partial charge in [0.1, 0.15) is 0 Å². The smallest absolute Gasteiger partial charge is 0.230 e. The van der Waals surface area contributed by atoms with Crippen LogP contribution >= 0.6 is 11.6 Å². The highest BCUT2D eigenvalue weighted by molar-refractivity contribution is 6.19. The lowest BCUT2D eigenvalue weighted by molar-refractivity contribution is -0.144. The van der Waals surface area contributed by atoms with Gasteiger partial charge in [0.25, 0.3) is 0 Å². The highest BCUT2D eigenvalue weighted by Crippen LogP contribution is 2.35. The molecule has 0 spiro atoms. The first-order valence-electron chi connectivity index (χ1n) is 7.64. The van der Waals surface area contributed by atoms with Crippen molar-refractivity contribution >= 4 is 23.4 Å². The largest absolute Gasteiger partial charge is 0.274 e. The van der Waals surface area contributed by atoms with Crippen molar-refractivity contribution in [3.8, 4) is 11.1 Å². The Hall–Kier alpha value is -2.13. The summed E-state index contributed by atoms with van der Waals surface area (Å²) in [4.78, 5) is 25.5. The van der Waals surface area contributed by atoms with E-state index >= 15 is 0 Å². The fourth-order valence-corrected chi connectivity index (χ4v) is 3.32. The van der Waals surface area contributed by atoms with E-state index in [1.807, 2.05) is 61.5 Å². The molecule has 0 aromatic heterocycles. The number of likely N-dealkylation sites (tertiary alicyclic amines) is 1. The molecule has 1 fully saturated rings. The van der Waals surface area contributed by atoms with Gasteiger partial charge in [-0.1, -0.05) is 54.6 Å². The molecule has 1 heterocycles. The minimum atomic E-state index is -0.804. The normalized spacial score (nSPS) is 17.4. The Labute approximate surface area is 140 Å². The van der Waals surface area contributed by atoms with Gasteiger partial charge >= 0.3 is 0 Å². The van der Waals surface area contributed by atoms with Crippen LogP contribution in [0.15, 0.2) is 54.6 Å². The number of halogens is 1. The highest BCUT2D eigenvalue weighted by atomic mass is 35.5.